The summed E-state index contributed by atoms with van der Waals surface area (Å²) in [7, 11) is 2.88. The first-order valence-electron chi connectivity index (χ1n) is 15.3. The zero-order valence-corrected chi connectivity index (χ0v) is 27.1. The van der Waals surface area contributed by atoms with Gasteiger partial charge in [-0.1, -0.05) is 44.5 Å². The van der Waals surface area contributed by atoms with Crippen LogP contribution in [0.5, 0.6) is 0 Å². The van der Waals surface area contributed by atoms with Gasteiger partial charge < -0.3 is 36.6 Å². The van der Waals surface area contributed by atoms with E-state index >= 15 is 0 Å². The predicted octanol–water partition coefficient (Wildman–Crippen LogP) is 6.30. The Balaban J connectivity index is 0.00000127. The Labute approximate surface area is 265 Å². The molecule has 0 aliphatic carbocycles. The van der Waals surface area contributed by atoms with Gasteiger partial charge in [0.15, 0.2) is 0 Å². The van der Waals surface area contributed by atoms with Crippen molar-refractivity contribution in [2.45, 2.75) is 39.7 Å². The Bertz CT molecular complexity index is 1450. The second-order valence-electron chi connectivity index (χ2n) is 9.84. The van der Waals surface area contributed by atoms with Gasteiger partial charge in [0.2, 0.25) is 0 Å². The second-order valence-corrected chi connectivity index (χ2v) is 10.8. The molecule has 5 rings (SSSR count). The summed E-state index contributed by atoms with van der Waals surface area (Å²) in [6, 6.07) is 19.8. The lowest BCUT2D eigenvalue weighted by Gasteiger charge is -2.26. The first-order chi connectivity index (χ1) is 21.7. The van der Waals surface area contributed by atoms with Gasteiger partial charge in [-0.05, 0) is 73.3 Å². The second kappa shape index (κ2) is 19.2. The Morgan fingerprint density at radius 3 is 2.50 bits per heavy atom. The molecule has 1 saturated heterocycles. The number of nitrogens with one attached hydrogen (secondary N) is 5. The number of benzene rings is 2. The first kappa shape index (κ1) is 34.4. The van der Waals surface area contributed by atoms with Crippen LogP contribution in [0.25, 0.3) is 10.9 Å². The van der Waals surface area contributed by atoms with Crippen molar-refractivity contribution in [2.24, 2.45) is 0 Å². The van der Waals surface area contributed by atoms with Crippen LogP contribution in [0, 0.1) is 0 Å². The van der Waals surface area contributed by atoms with Crippen molar-refractivity contribution in [2.75, 3.05) is 56.3 Å². The number of anilines is 3. The zero-order chi connectivity index (χ0) is 31.6. The van der Waals surface area contributed by atoms with E-state index in [1.807, 2.05) is 93.3 Å². The quantitative estimate of drug-likeness (QED) is 0.110. The van der Waals surface area contributed by atoms with Crippen molar-refractivity contribution in [3.63, 3.8) is 0 Å². The SMILES string of the molecule is CC.CN/C=C(\NCCN1CCCCC1)Nc1cccc(NC(=O)c2sccc2NCc2ccnc3ccccc23)c1.CO. The van der Waals surface area contributed by atoms with Gasteiger partial charge in [-0.3, -0.25) is 9.78 Å². The van der Waals surface area contributed by atoms with Crippen LogP contribution < -0.4 is 26.6 Å². The number of para-hydroxylation sites is 1. The fourth-order valence-corrected chi connectivity index (χ4v) is 5.71. The summed E-state index contributed by atoms with van der Waals surface area (Å²) < 4.78 is 0. The molecule has 44 heavy (non-hydrogen) atoms. The van der Waals surface area contributed by atoms with Crippen molar-refractivity contribution in [1.29, 1.82) is 0 Å². The van der Waals surface area contributed by atoms with Gasteiger partial charge in [-0.25, -0.2) is 0 Å². The van der Waals surface area contributed by atoms with Crippen molar-refractivity contribution in [3.8, 4) is 0 Å². The number of aliphatic hydroxyl groups excluding tert-OH is 1. The molecule has 3 heterocycles. The number of rotatable bonds is 12. The molecule has 10 heteroatoms. The molecular formula is C34H47N7O2S. The van der Waals surface area contributed by atoms with E-state index in [9.17, 15) is 4.79 Å². The van der Waals surface area contributed by atoms with Crippen LogP contribution in [0.1, 0.15) is 48.3 Å². The van der Waals surface area contributed by atoms with Gasteiger partial charge in [0.1, 0.15) is 10.7 Å². The topological polar surface area (TPSA) is 114 Å². The molecule has 2 aromatic carbocycles. The number of carbonyl (C=O) groups excluding carboxylic acids is 1. The summed E-state index contributed by atoms with van der Waals surface area (Å²) in [5.74, 6) is 0.747. The van der Waals surface area contributed by atoms with Crippen LogP contribution in [-0.2, 0) is 6.54 Å². The number of nitrogens with zero attached hydrogens (tertiary/aromatic N) is 2. The normalized spacial score (nSPS) is 13.1. The minimum atomic E-state index is -0.139. The van der Waals surface area contributed by atoms with Crippen LogP contribution >= 0.6 is 11.3 Å². The van der Waals surface area contributed by atoms with Gasteiger partial charge in [-0.2, -0.15) is 0 Å². The number of pyridine rings is 1. The molecule has 0 saturated carbocycles. The summed E-state index contributed by atoms with van der Waals surface area (Å²) in [4.78, 5) is 20.8. The van der Waals surface area contributed by atoms with Gasteiger partial charge >= 0.3 is 0 Å². The maximum Gasteiger partial charge on any atom is 0.267 e. The number of aromatic nitrogens is 1. The maximum absolute atomic E-state index is 13.2. The van der Waals surface area contributed by atoms with E-state index in [1.165, 1.54) is 43.7 Å². The summed E-state index contributed by atoms with van der Waals surface area (Å²) in [6.07, 6.45) is 7.67. The van der Waals surface area contributed by atoms with Crippen LogP contribution in [-0.4, -0.2) is 61.2 Å². The molecule has 2 aromatic heterocycles. The molecule has 4 aromatic rings. The number of aliphatic hydroxyl groups is 1. The Kier molecular flexibility index (Phi) is 15.0. The highest BCUT2D eigenvalue weighted by molar-refractivity contribution is 7.12. The number of likely N-dealkylation sites (tertiary alicyclic amines) is 1. The highest BCUT2D eigenvalue weighted by atomic mass is 32.1. The molecule has 0 atom stereocenters. The fourth-order valence-electron chi connectivity index (χ4n) is 4.95. The highest BCUT2D eigenvalue weighted by Crippen LogP contribution is 2.26. The summed E-state index contributed by atoms with van der Waals surface area (Å²) >= 11 is 1.42. The van der Waals surface area contributed by atoms with Crippen molar-refractivity contribution < 1.29 is 9.90 Å². The van der Waals surface area contributed by atoms with Crippen LogP contribution in [0.4, 0.5) is 17.1 Å². The molecule has 1 amide bonds. The van der Waals surface area contributed by atoms with E-state index in [1.54, 1.807) is 0 Å². The number of piperidine rings is 1. The first-order valence-corrected chi connectivity index (χ1v) is 16.2. The molecule has 0 bridgehead atoms. The maximum atomic E-state index is 13.2. The third-order valence-electron chi connectivity index (χ3n) is 6.96. The lowest BCUT2D eigenvalue weighted by Crippen LogP contribution is -2.36. The third-order valence-corrected chi connectivity index (χ3v) is 7.87. The van der Waals surface area contributed by atoms with E-state index in [4.69, 9.17) is 5.11 Å². The Morgan fingerprint density at radius 2 is 1.73 bits per heavy atom. The number of hydrogen-bond donors (Lipinski definition) is 6. The van der Waals surface area contributed by atoms with Crippen LogP contribution in [0.15, 0.2) is 84.3 Å². The summed E-state index contributed by atoms with van der Waals surface area (Å²) in [6.45, 7) is 8.85. The molecule has 9 nitrogen and oxygen atoms in total. The lowest BCUT2D eigenvalue weighted by molar-refractivity contribution is 0.103. The summed E-state index contributed by atoms with van der Waals surface area (Å²) in [5.41, 5.74) is 4.53. The molecule has 1 aliphatic rings. The molecule has 0 unspecified atom stereocenters. The Hall–Kier alpha value is -4.12. The van der Waals surface area contributed by atoms with Gasteiger partial charge in [0.05, 0.1) is 11.2 Å². The molecule has 0 radical (unpaired) electrons. The Morgan fingerprint density at radius 1 is 0.977 bits per heavy atom. The van der Waals surface area contributed by atoms with Crippen molar-refractivity contribution in [1.82, 2.24) is 20.5 Å². The van der Waals surface area contributed by atoms with E-state index < -0.39 is 0 Å². The van der Waals surface area contributed by atoms with E-state index in [0.29, 0.717) is 11.4 Å². The largest absolute Gasteiger partial charge is 0.400 e. The lowest BCUT2D eigenvalue weighted by atomic mass is 10.1. The average molecular weight is 618 g/mol. The molecule has 1 aliphatic heterocycles. The minimum absolute atomic E-state index is 0.139. The molecule has 1 fully saturated rings. The minimum Gasteiger partial charge on any atom is -0.400 e. The van der Waals surface area contributed by atoms with Gasteiger partial charge in [-0.15, -0.1) is 11.3 Å². The number of amides is 1. The molecule has 6 N–H and O–H groups in total. The van der Waals surface area contributed by atoms with Gasteiger partial charge in [0.25, 0.3) is 5.91 Å². The monoisotopic (exact) mass is 617 g/mol. The molecule has 0 spiro atoms. The predicted molar refractivity (Wildman–Crippen MR) is 186 cm³/mol. The number of hydrogen-bond acceptors (Lipinski definition) is 9. The number of thiophene rings is 1. The van der Waals surface area contributed by atoms with Crippen molar-refractivity contribution in [3.05, 3.63) is 94.7 Å². The fraction of sp³-hybridized carbons (Fsp3) is 0.353. The molecular weight excluding hydrogens is 570 g/mol. The van der Waals surface area contributed by atoms with E-state index in [2.05, 4.69) is 42.5 Å². The smallest absolute Gasteiger partial charge is 0.267 e. The summed E-state index contributed by atoms with van der Waals surface area (Å²) in [5, 5.41) is 26.6. The van der Waals surface area contributed by atoms with E-state index in [0.717, 1.165) is 59.5 Å². The number of carbonyl (C=O) groups is 1. The van der Waals surface area contributed by atoms with Crippen molar-refractivity contribution >= 4 is 45.2 Å². The number of fused-ring (bicyclic) bond motifs is 1. The highest BCUT2D eigenvalue weighted by Gasteiger charge is 2.15. The average Bonchev–Trinajstić information content (AvgIpc) is 3.55. The standard InChI is InChI=1S/C31H37N7OS.C2H6.CH4O/c1-32-22-29(34-15-18-38-16-5-2-6-17-38)36-24-8-7-9-25(20-24)37-31(39)30-28(13-19-40-30)35-21-23-12-14-33-27-11-4-3-10-26(23)27;2*1-2/h3-4,7-14,19-20,22,32,34-36H,2,5-6,15-18,21H2,1H3,(H,37,39);1-2H3;2H,1H3/b29-22+;;. The van der Waals surface area contributed by atoms with Gasteiger partial charge in [0, 0.05) is 62.9 Å². The van der Waals surface area contributed by atoms with Crippen LogP contribution in [0.2, 0.25) is 0 Å². The zero-order valence-electron chi connectivity index (χ0n) is 26.3. The van der Waals surface area contributed by atoms with E-state index in [-0.39, 0.29) is 5.91 Å². The molecule has 236 valence electrons. The van der Waals surface area contributed by atoms with Crippen LogP contribution in [0.3, 0.4) is 0 Å². The third kappa shape index (κ3) is 10.3.